The molecule has 0 aromatic rings. The highest BCUT2D eigenvalue weighted by Crippen LogP contribution is 2.76. The number of allylic oxidation sites excluding steroid dienone is 2. The van der Waals surface area contributed by atoms with E-state index >= 15 is 0 Å². The molecule has 4 saturated carbocycles. The van der Waals surface area contributed by atoms with E-state index in [-0.39, 0.29) is 53.6 Å². The molecule has 0 bridgehead atoms. The van der Waals surface area contributed by atoms with E-state index in [0.29, 0.717) is 25.7 Å². The molecule has 10 unspecified atom stereocenters. The van der Waals surface area contributed by atoms with E-state index in [1.165, 1.54) is 5.57 Å². The largest absolute Gasteiger partial charge is 0.481 e. The van der Waals surface area contributed by atoms with Crippen LogP contribution < -0.4 is 0 Å². The summed E-state index contributed by atoms with van der Waals surface area (Å²) in [4.78, 5) is 25.1. The van der Waals surface area contributed by atoms with Crippen LogP contribution in [0.4, 0.5) is 0 Å². The molecule has 5 aliphatic carbocycles. The fourth-order valence-electron chi connectivity index (χ4n) is 12.7. The van der Waals surface area contributed by atoms with Crippen molar-refractivity contribution < 1.29 is 54.4 Å². The second-order valence-corrected chi connectivity index (χ2v) is 19.1. The number of carbonyl (C=O) groups is 2. The number of aliphatic carboxylic acids is 1. The molecule has 0 amide bonds. The molecule has 0 spiro atoms. The van der Waals surface area contributed by atoms with Gasteiger partial charge in [0.2, 0.25) is 0 Å². The second-order valence-electron chi connectivity index (χ2n) is 19.1. The Hall–Kier alpha value is -1.60. The van der Waals surface area contributed by atoms with E-state index in [9.17, 15) is 40.2 Å². The Bertz CT molecular complexity index is 1380. The molecular formula is C40H64O11. The Morgan fingerprint density at radius 2 is 1.61 bits per heavy atom. The summed E-state index contributed by atoms with van der Waals surface area (Å²) < 4.78 is 17.7. The lowest BCUT2D eigenvalue weighted by Crippen LogP contribution is -2.68. The zero-order valence-electron chi connectivity index (χ0n) is 31.8. The van der Waals surface area contributed by atoms with Gasteiger partial charge in [0.05, 0.1) is 18.8 Å². The standard InChI is InChI=1S/C40H64O11/c1-8-9-29(43)49-20-24-30(44)31(45)32(46)33(50-24)51-28-13-14-36(4)25(37(28,5)21-41)12-15-38(6)26(36)11-10-22-23-18-35(2,3)16-17-40(23,34(47)48)27(42)19-39(22,38)7/h10,23-28,30-33,41-42,44-46H,8-9,11-21H2,1-7H3,(H,47,48)/t23?,24-,25?,26?,27?,28?,30-,31-,32-,33+,36?,37?,38?,39?,40?/m1/s1. The topological polar surface area (TPSA) is 183 Å². The van der Waals surface area contributed by atoms with Crippen molar-refractivity contribution >= 4 is 11.9 Å². The van der Waals surface area contributed by atoms with Crippen molar-refractivity contribution in [3.05, 3.63) is 11.6 Å². The minimum atomic E-state index is -1.58. The molecule has 51 heavy (non-hydrogen) atoms. The average molecular weight is 721 g/mol. The van der Waals surface area contributed by atoms with Gasteiger partial charge in [-0.1, -0.05) is 60.1 Å². The summed E-state index contributed by atoms with van der Waals surface area (Å²) in [5.41, 5.74) is -1.52. The monoisotopic (exact) mass is 720 g/mol. The molecule has 0 aromatic heterocycles. The summed E-state index contributed by atoms with van der Waals surface area (Å²) in [5, 5.41) is 66.1. The Balaban J connectivity index is 1.27. The summed E-state index contributed by atoms with van der Waals surface area (Å²) in [6.45, 7) is 14.9. The van der Waals surface area contributed by atoms with Crippen LogP contribution in [0.5, 0.6) is 0 Å². The highest BCUT2D eigenvalue weighted by molar-refractivity contribution is 5.77. The molecule has 1 saturated heterocycles. The molecule has 0 aromatic carbocycles. The lowest BCUT2D eigenvalue weighted by atomic mass is 9.33. The van der Waals surface area contributed by atoms with Crippen molar-refractivity contribution in [2.45, 2.75) is 162 Å². The summed E-state index contributed by atoms with van der Waals surface area (Å²) >= 11 is 0. The lowest BCUT2D eigenvalue weighted by Gasteiger charge is -2.71. The molecule has 1 aliphatic heterocycles. The maximum Gasteiger partial charge on any atom is 0.312 e. The summed E-state index contributed by atoms with van der Waals surface area (Å²) in [6, 6.07) is 0. The van der Waals surface area contributed by atoms with Crippen molar-refractivity contribution in [2.24, 2.45) is 50.2 Å². The number of rotatable bonds is 8. The van der Waals surface area contributed by atoms with Crippen LogP contribution in [-0.4, -0.2) is 98.7 Å². The zero-order valence-corrected chi connectivity index (χ0v) is 31.8. The van der Waals surface area contributed by atoms with Crippen molar-refractivity contribution in [3.8, 4) is 0 Å². The predicted octanol–water partition coefficient (Wildman–Crippen LogP) is 4.35. The van der Waals surface area contributed by atoms with Crippen LogP contribution in [0.1, 0.15) is 119 Å². The summed E-state index contributed by atoms with van der Waals surface area (Å²) in [6.07, 6.45) is 0.881. The molecule has 11 nitrogen and oxygen atoms in total. The number of hydrogen-bond donors (Lipinski definition) is 6. The Labute approximate surface area is 303 Å². The van der Waals surface area contributed by atoms with Crippen molar-refractivity contribution in [3.63, 3.8) is 0 Å². The number of carboxylic acids is 1. The number of esters is 1. The maximum atomic E-state index is 13.1. The van der Waals surface area contributed by atoms with Gasteiger partial charge in [-0.25, -0.2) is 0 Å². The molecule has 6 N–H and O–H groups in total. The van der Waals surface area contributed by atoms with Gasteiger partial charge in [-0.3, -0.25) is 9.59 Å². The molecule has 11 heteroatoms. The van der Waals surface area contributed by atoms with E-state index in [2.05, 4.69) is 40.7 Å². The van der Waals surface area contributed by atoms with Gasteiger partial charge in [0, 0.05) is 11.8 Å². The number of ether oxygens (including phenoxy) is 3. The number of aliphatic hydroxyl groups excluding tert-OH is 5. The zero-order chi connectivity index (χ0) is 37.5. The van der Waals surface area contributed by atoms with Crippen LogP contribution in [0.15, 0.2) is 11.6 Å². The number of aliphatic hydroxyl groups is 5. The van der Waals surface area contributed by atoms with Gasteiger partial charge in [-0.15, -0.1) is 0 Å². The molecule has 5 fully saturated rings. The van der Waals surface area contributed by atoms with E-state index in [1.54, 1.807) is 0 Å². The van der Waals surface area contributed by atoms with Gasteiger partial charge in [0.25, 0.3) is 0 Å². The number of hydrogen-bond acceptors (Lipinski definition) is 10. The van der Waals surface area contributed by atoms with Crippen LogP contribution >= 0.6 is 0 Å². The molecule has 0 radical (unpaired) electrons. The quantitative estimate of drug-likeness (QED) is 0.119. The molecule has 6 aliphatic rings. The second kappa shape index (κ2) is 13.3. The average Bonchev–Trinajstić information content (AvgIpc) is 3.05. The van der Waals surface area contributed by atoms with Crippen LogP contribution in [-0.2, 0) is 23.8 Å². The first kappa shape index (κ1) is 39.1. The van der Waals surface area contributed by atoms with Crippen LogP contribution in [0, 0.1) is 50.2 Å². The molecule has 15 atom stereocenters. The lowest BCUT2D eigenvalue weighted by molar-refractivity contribution is -0.333. The number of carboxylic acid groups (broad SMARTS) is 1. The van der Waals surface area contributed by atoms with Gasteiger partial charge in [0.15, 0.2) is 6.29 Å². The third kappa shape index (κ3) is 5.77. The van der Waals surface area contributed by atoms with Crippen molar-refractivity contribution in [1.29, 1.82) is 0 Å². The van der Waals surface area contributed by atoms with E-state index < -0.39 is 71.1 Å². The smallest absolute Gasteiger partial charge is 0.312 e. The predicted molar refractivity (Wildman–Crippen MR) is 187 cm³/mol. The minimum absolute atomic E-state index is 0.0194. The molecule has 6 rings (SSSR count). The third-order valence-electron chi connectivity index (χ3n) is 16.0. The summed E-state index contributed by atoms with van der Waals surface area (Å²) in [5.74, 6) is -1.30. The van der Waals surface area contributed by atoms with Crippen LogP contribution in [0.25, 0.3) is 0 Å². The number of fused-ring (bicyclic) bond motifs is 7. The van der Waals surface area contributed by atoms with Gasteiger partial charge < -0.3 is 44.8 Å². The number of carbonyl (C=O) groups excluding carboxylic acids is 1. The minimum Gasteiger partial charge on any atom is -0.481 e. The first-order valence-corrected chi connectivity index (χ1v) is 19.5. The fraction of sp³-hybridized carbons (Fsp3) is 0.900. The van der Waals surface area contributed by atoms with Gasteiger partial charge >= 0.3 is 11.9 Å². The highest BCUT2D eigenvalue weighted by Gasteiger charge is 2.71. The third-order valence-corrected chi connectivity index (χ3v) is 16.0. The summed E-state index contributed by atoms with van der Waals surface area (Å²) in [7, 11) is 0. The Morgan fingerprint density at radius 1 is 0.902 bits per heavy atom. The van der Waals surface area contributed by atoms with Crippen molar-refractivity contribution in [1.82, 2.24) is 0 Å². The normalized spacial score (nSPS) is 50.5. The Kier molecular flexibility index (Phi) is 10.2. The van der Waals surface area contributed by atoms with E-state index in [4.69, 9.17) is 14.2 Å². The molecule has 1 heterocycles. The first-order valence-electron chi connectivity index (χ1n) is 19.5. The van der Waals surface area contributed by atoms with Gasteiger partial charge in [-0.05, 0) is 104 Å². The highest BCUT2D eigenvalue weighted by atomic mass is 16.7. The molecular weight excluding hydrogens is 656 g/mol. The maximum absolute atomic E-state index is 13.1. The van der Waals surface area contributed by atoms with Crippen LogP contribution in [0.2, 0.25) is 0 Å². The van der Waals surface area contributed by atoms with E-state index in [1.807, 2.05) is 13.8 Å². The van der Waals surface area contributed by atoms with E-state index in [0.717, 1.165) is 38.5 Å². The van der Waals surface area contributed by atoms with Gasteiger partial charge in [-0.2, -0.15) is 0 Å². The molecule has 290 valence electrons. The first-order chi connectivity index (χ1) is 23.8. The fourth-order valence-corrected chi connectivity index (χ4v) is 12.7. The Morgan fingerprint density at radius 3 is 2.25 bits per heavy atom. The van der Waals surface area contributed by atoms with Gasteiger partial charge in [0.1, 0.15) is 36.4 Å². The van der Waals surface area contributed by atoms with Crippen molar-refractivity contribution in [2.75, 3.05) is 13.2 Å². The van der Waals surface area contributed by atoms with Crippen LogP contribution in [0.3, 0.4) is 0 Å². The SMILES string of the molecule is CCCC(=O)OC[C@H]1O[C@@H](OC2CCC3(C)C(CCC4(C)C3CC=C3C5CC(C)(C)CCC5(C(=O)O)C(O)CC34C)C2(C)CO)[C@H](O)[C@H](O)[C@@H]1O.